The fourth-order valence-electron chi connectivity index (χ4n) is 2.14. The number of hydrogen-bond acceptors (Lipinski definition) is 4. The molecule has 4 nitrogen and oxygen atoms in total. The zero-order chi connectivity index (χ0) is 15.0. The third-order valence-corrected chi connectivity index (χ3v) is 6.40. The summed E-state index contributed by atoms with van der Waals surface area (Å²) in [5.74, 6) is 0. The fraction of sp³-hybridized carbons (Fsp3) is 0.286. The number of thiophene rings is 1. The van der Waals surface area contributed by atoms with E-state index in [0.717, 1.165) is 18.4 Å². The van der Waals surface area contributed by atoms with E-state index in [-0.39, 0.29) is 16.0 Å². The molecule has 21 heavy (non-hydrogen) atoms. The Bertz CT molecular complexity index is 740. The summed E-state index contributed by atoms with van der Waals surface area (Å²) in [5, 5.41) is 4.19. The lowest BCUT2D eigenvalue weighted by Crippen LogP contribution is -2.32. The SMILES string of the molecule is Nc1ccc(S(=O)(=O)N(Cc2ccsc2)C2CC2)cc1Cl. The van der Waals surface area contributed by atoms with E-state index in [1.54, 1.807) is 15.6 Å². The molecule has 1 saturated carbocycles. The first kappa shape index (κ1) is 14.8. The maximum Gasteiger partial charge on any atom is 0.243 e. The Labute approximate surface area is 133 Å². The third-order valence-electron chi connectivity index (χ3n) is 3.45. The molecule has 2 aromatic rings. The zero-order valence-corrected chi connectivity index (χ0v) is 13.6. The van der Waals surface area contributed by atoms with E-state index in [1.807, 2.05) is 16.8 Å². The average molecular weight is 343 g/mol. The lowest BCUT2D eigenvalue weighted by Gasteiger charge is -2.21. The predicted molar refractivity (Wildman–Crippen MR) is 85.9 cm³/mol. The van der Waals surface area contributed by atoms with Crippen LogP contribution in [0.15, 0.2) is 39.9 Å². The van der Waals surface area contributed by atoms with Crippen LogP contribution in [0.5, 0.6) is 0 Å². The van der Waals surface area contributed by atoms with E-state index in [4.69, 9.17) is 17.3 Å². The lowest BCUT2D eigenvalue weighted by molar-refractivity contribution is 0.399. The Morgan fingerprint density at radius 3 is 2.67 bits per heavy atom. The first-order valence-corrected chi connectivity index (χ1v) is 9.32. The molecule has 1 aromatic heterocycles. The summed E-state index contributed by atoms with van der Waals surface area (Å²) in [5.41, 5.74) is 7.04. The van der Waals surface area contributed by atoms with Crippen LogP contribution in [-0.2, 0) is 16.6 Å². The van der Waals surface area contributed by atoms with E-state index in [0.29, 0.717) is 12.2 Å². The zero-order valence-electron chi connectivity index (χ0n) is 11.2. The van der Waals surface area contributed by atoms with E-state index in [1.165, 1.54) is 18.2 Å². The number of halogens is 1. The third kappa shape index (κ3) is 3.08. The van der Waals surface area contributed by atoms with Gasteiger partial charge in [0.05, 0.1) is 15.6 Å². The molecule has 0 amide bonds. The molecule has 3 rings (SSSR count). The molecule has 2 N–H and O–H groups in total. The van der Waals surface area contributed by atoms with Gasteiger partial charge in [-0.2, -0.15) is 15.6 Å². The van der Waals surface area contributed by atoms with Crippen molar-refractivity contribution in [3.8, 4) is 0 Å². The normalized spacial score (nSPS) is 15.5. The van der Waals surface area contributed by atoms with Gasteiger partial charge in [0.25, 0.3) is 0 Å². The van der Waals surface area contributed by atoms with Crippen molar-refractivity contribution in [3.05, 3.63) is 45.6 Å². The molecule has 1 aliphatic rings. The second-order valence-electron chi connectivity index (χ2n) is 5.10. The minimum Gasteiger partial charge on any atom is -0.398 e. The molecule has 0 aliphatic heterocycles. The van der Waals surface area contributed by atoms with E-state index in [9.17, 15) is 8.42 Å². The summed E-state index contributed by atoms with van der Waals surface area (Å²) < 4.78 is 27.2. The van der Waals surface area contributed by atoms with E-state index in [2.05, 4.69) is 0 Å². The van der Waals surface area contributed by atoms with Crippen LogP contribution in [0.4, 0.5) is 5.69 Å². The Morgan fingerprint density at radius 2 is 2.10 bits per heavy atom. The summed E-state index contributed by atoms with van der Waals surface area (Å²) in [6.07, 6.45) is 1.82. The first-order valence-electron chi connectivity index (χ1n) is 6.56. The second kappa shape index (κ2) is 5.61. The number of nitrogens with zero attached hydrogens (tertiary/aromatic N) is 1. The van der Waals surface area contributed by atoms with Crippen molar-refractivity contribution in [2.24, 2.45) is 0 Å². The van der Waals surface area contributed by atoms with Gasteiger partial charge in [-0.1, -0.05) is 11.6 Å². The van der Waals surface area contributed by atoms with Crippen LogP contribution in [-0.4, -0.2) is 18.8 Å². The highest BCUT2D eigenvalue weighted by Gasteiger charge is 2.38. The second-order valence-corrected chi connectivity index (χ2v) is 8.17. The molecule has 1 aliphatic carbocycles. The number of sulfonamides is 1. The first-order chi connectivity index (χ1) is 9.98. The number of rotatable bonds is 5. The van der Waals surface area contributed by atoms with Crippen LogP contribution in [0.2, 0.25) is 5.02 Å². The number of nitrogens with two attached hydrogens (primary N) is 1. The predicted octanol–water partition coefficient (Wildman–Crippen LogP) is 3.34. The number of benzene rings is 1. The molecule has 0 atom stereocenters. The van der Waals surface area contributed by atoms with Gasteiger partial charge in [0.15, 0.2) is 0 Å². The van der Waals surface area contributed by atoms with Crippen molar-refractivity contribution in [1.82, 2.24) is 4.31 Å². The quantitative estimate of drug-likeness (QED) is 0.847. The van der Waals surface area contributed by atoms with Gasteiger partial charge >= 0.3 is 0 Å². The average Bonchev–Trinajstić information content (AvgIpc) is 3.15. The smallest absolute Gasteiger partial charge is 0.243 e. The Kier molecular flexibility index (Phi) is 3.96. The molecule has 0 radical (unpaired) electrons. The number of anilines is 1. The molecular weight excluding hydrogens is 328 g/mol. The van der Waals surface area contributed by atoms with E-state index >= 15 is 0 Å². The Morgan fingerprint density at radius 1 is 1.33 bits per heavy atom. The number of nitrogen functional groups attached to an aromatic ring is 1. The van der Waals surface area contributed by atoms with Gasteiger partial charge in [-0.25, -0.2) is 8.42 Å². The van der Waals surface area contributed by atoms with Gasteiger partial charge < -0.3 is 5.73 Å². The van der Waals surface area contributed by atoms with Crippen LogP contribution in [0.25, 0.3) is 0 Å². The maximum absolute atomic E-state index is 12.8. The molecule has 1 heterocycles. The summed E-state index contributed by atoms with van der Waals surface area (Å²) in [7, 11) is -3.56. The molecule has 0 unspecified atom stereocenters. The molecule has 0 saturated heterocycles. The molecule has 0 bridgehead atoms. The van der Waals surface area contributed by atoms with E-state index < -0.39 is 10.0 Å². The van der Waals surface area contributed by atoms with Gasteiger partial charge in [0, 0.05) is 12.6 Å². The highest BCUT2D eigenvalue weighted by molar-refractivity contribution is 7.89. The van der Waals surface area contributed by atoms with Crippen LogP contribution in [0, 0.1) is 0 Å². The van der Waals surface area contributed by atoms with Gasteiger partial charge in [-0.3, -0.25) is 0 Å². The van der Waals surface area contributed by atoms with Gasteiger partial charge in [-0.15, -0.1) is 0 Å². The Hall–Kier alpha value is -1.08. The lowest BCUT2D eigenvalue weighted by atomic mass is 10.3. The monoisotopic (exact) mass is 342 g/mol. The maximum atomic E-state index is 12.8. The minimum atomic E-state index is -3.56. The summed E-state index contributed by atoms with van der Waals surface area (Å²) in [6, 6.07) is 6.51. The van der Waals surface area contributed by atoms with Crippen molar-refractivity contribution >= 4 is 38.6 Å². The highest BCUT2D eigenvalue weighted by Crippen LogP contribution is 2.35. The molecule has 112 valence electrons. The fourth-order valence-corrected chi connectivity index (χ4v) is 4.74. The molecule has 7 heteroatoms. The summed E-state index contributed by atoms with van der Waals surface area (Å²) in [4.78, 5) is 0.198. The van der Waals surface area contributed by atoms with Crippen molar-refractivity contribution in [2.75, 3.05) is 5.73 Å². The van der Waals surface area contributed by atoms with Gasteiger partial charge in [-0.05, 0) is 53.4 Å². The molecule has 0 spiro atoms. The molecular formula is C14H15ClN2O2S2. The van der Waals surface area contributed by atoms with Crippen LogP contribution < -0.4 is 5.73 Å². The van der Waals surface area contributed by atoms with Crippen molar-refractivity contribution in [1.29, 1.82) is 0 Å². The van der Waals surface area contributed by atoms with Crippen LogP contribution in [0.3, 0.4) is 0 Å². The summed E-state index contributed by atoms with van der Waals surface area (Å²) >= 11 is 7.52. The topological polar surface area (TPSA) is 63.4 Å². The Balaban J connectivity index is 1.95. The van der Waals surface area contributed by atoms with Gasteiger partial charge in [0.1, 0.15) is 0 Å². The largest absolute Gasteiger partial charge is 0.398 e. The van der Waals surface area contributed by atoms with Gasteiger partial charge in [0.2, 0.25) is 10.0 Å². The number of hydrogen-bond donors (Lipinski definition) is 1. The van der Waals surface area contributed by atoms with Crippen LogP contribution >= 0.6 is 22.9 Å². The molecule has 1 fully saturated rings. The van der Waals surface area contributed by atoms with Crippen molar-refractivity contribution in [2.45, 2.75) is 30.3 Å². The molecule has 1 aromatic carbocycles. The highest BCUT2D eigenvalue weighted by atomic mass is 35.5. The summed E-state index contributed by atoms with van der Waals surface area (Å²) in [6.45, 7) is 0.401. The standard InChI is InChI=1S/C14H15ClN2O2S2/c15-13-7-12(3-4-14(13)16)21(18,19)17(11-1-2-11)8-10-5-6-20-9-10/h3-7,9,11H,1-2,8,16H2. The van der Waals surface area contributed by atoms with Crippen LogP contribution in [0.1, 0.15) is 18.4 Å². The van der Waals surface area contributed by atoms with Crippen molar-refractivity contribution < 1.29 is 8.42 Å². The minimum absolute atomic E-state index is 0.0891. The van der Waals surface area contributed by atoms with Crippen molar-refractivity contribution in [3.63, 3.8) is 0 Å².